The highest BCUT2D eigenvalue weighted by Gasteiger charge is 2.24. The number of rotatable bonds is 1. The van der Waals surface area contributed by atoms with E-state index in [1.807, 2.05) is 6.07 Å². The summed E-state index contributed by atoms with van der Waals surface area (Å²) in [6, 6.07) is 15.1. The number of para-hydroxylation sites is 2. The summed E-state index contributed by atoms with van der Waals surface area (Å²) in [7, 11) is 0. The minimum absolute atomic E-state index is 0.463. The van der Waals surface area contributed by atoms with Crippen LogP contribution in [0.2, 0.25) is 0 Å². The molecule has 0 spiro atoms. The van der Waals surface area contributed by atoms with Gasteiger partial charge in [-0.15, -0.1) is 0 Å². The van der Waals surface area contributed by atoms with Crippen LogP contribution in [0.15, 0.2) is 42.5 Å². The highest BCUT2D eigenvalue weighted by molar-refractivity contribution is 5.61. The molecule has 0 aromatic heterocycles. The molecule has 2 aromatic rings. The standard InChI is InChI=1S/C18H19NO/c1-2-9-17-14(5-1)11-15(12-20-17)16-8-3-6-13-7-4-10-19-18(13)16/h1-3,5-6,8-9,15,19H,4,7,10-12H2. The predicted octanol–water partition coefficient (Wildman–Crippen LogP) is 3.76. The zero-order valence-electron chi connectivity index (χ0n) is 11.6. The van der Waals surface area contributed by atoms with Crippen molar-refractivity contribution < 1.29 is 4.74 Å². The van der Waals surface area contributed by atoms with Crippen LogP contribution in [0.25, 0.3) is 0 Å². The topological polar surface area (TPSA) is 21.3 Å². The largest absolute Gasteiger partial charge is 0.493 e. The molecule has 0 saturated carbocycles. The molecule has 0 saturated heterocycles. The van der Waals surface area contributed by atoms with Gasteiger partial charge in [-0.1, -0.05) is 36.4 Å². The van der Waals surface area contributed by atoms with Crippen LogP contribution in [0.4, 0.5) is 5.69 Å². The van der Waals surface area contributed by atoms with Crippen LogP contribution < -0.4 is 10.1 Å². The molecule has 0 radical (unpaired) electrons. The SMILES string of the molecule is c1ccc2c(c1)CC(c1cccc3c1NCCC3)CO2. The van der Waals surface area contributed by atoms with Gasteiger partial charge in [0, 0.05) is 18.2 Å². The number of anilines is 1. The lowest BCUT2D eigenvalue weighted by Crippen LogP contribution is -2.22. The first-order valence-electron chi connectivity index (χ1n) is 7.48. The Morgan fingerprint density at radius 1 is 1.00 bits per heavy atom. The Labute approximate surface area is 119 Å². The summed E-state index contributed by atoms with van der Waals surface area (Å²) in [5.41, 5.74) is 5.59. The van der Waals surface area contributed by atoms with E-state index in [1.165, 1.54) is 35.2 Å². The smallest absolute Gasteiger partial charge is 0.122 e. The van der Waals surface area contributed by atoms with E-state index in [2.05, 4.69) is 41.7 Å². The molecule has 102 valence electrons. The van der Waals surface area contributed by atoms with Gasteiger partial charge in [0.1, 0.15) is 5.75 Å². The third-order valence-electron chi connectivity index (χ3n) is 4.43. The van der Waals surface area contributed by atoms with Crippen molar-refractivity contribution >= 4 is 5.69 Å². The van der Waals surface area contributed by atoms with Crippen molar-refractivity contribution in [2.75, 3.05) is 18.5 Å². The maximum Gasteiger partial charge on any atom is 0.122 e. The fourth-order valence-electron chi connectivity index (χ4n) is 3.40. The molecule has 4 rings (SSSR count). The molecule has 0 bridgehead atoms. The number of aryl methyl sites for hydroxylation is 1. The fourth-order valence-corrected chi connectivity index (χ4v) is 3.40. The minimum Gasteiger partial charge on any atom is -0.493 e. The van der Waals surface area contributed by atoms with Gasteiger partial charge in [-0.05, 0) is 42.0 Å². The zero-order valence-corrected chi connectivity index (χ0v) is 11.6. The Bertz CT molecular complexity index is 635. The van der Waals surface area contributed by atoms with E-state index in [4.69, 9.17) is 4.74 Å². The zero-order chi connectivity index (χ0) is 13.4. The predicted molar refractivity (Wildman–Crippen MR) is 81.6 cm³/mol. The summed E-state index contributed by atoms with van der Waals surface area (Å²) in [6.45, 7) is 1.88. The minimum atomic E-state index is 0.463. The van der Waals surface area contributed by atoms with Crippen LogP contribution in [0.5, 0.6) is 5.75 Å². The lowest BCUT2D eigenvalue weighted by atomic mass is 9.86. The van der Waals surface area contributed by atoms with Gasteiger partial charge in [0.25, 0.3) is 0 Å². The van der Waals surface area contributed by atoms with Crippen LogP contribution >= 0.6 is 0 Å². The Balaban J connectivity index is 1.70. The van der Waals surface area contributed by atoms with E-state index in [-0.39, 0.29) is 0 Å². The molecule has 1 unspecified atom stereocenters. The van der Waals surface area contributed by atoms with Gasteiger partial charge in [-0.2, -0.15) is 0 Å². The molecule has 2 heterocycles. The summed E-state index contributed by atoms with van der Waals surface area (Å²) >= 11 is 0. The monoisotopic (exact) mass is 265 g/mol. The molecule has 20 heavy (non-hydrogen) atoms. The van der Waals surface area contributed by atoms with E-state index in [0.29, 0.717) is 5.92 Å². The van der Waals surface area contributed by atoms with Crippen molar-refractivity contribution in [3.8, 4) is 5.75 Å². The molecular weight excluding hydrogens is 246 g/mol. The first-order chi connectivity index (χ1) is 9.92. The lowest BCUT2D eigenvalue weighted by molar-refractivity contribution is 0.263. The van der Waals surface area contributed by atoms with Gasteiger partial charge in [-0.3, -0.25) is 0 Å². The van der Waals surface area contributed by atoms with Crippen LogP contribution in [0.3, 0.4) is 0 Å². The van der Waals surface area contributed by atoms with E-state index in [0.717, 1.165) is 25.3 Å². The average molecular weight is 265 g/mol. The van der Waals surface area contributed by atoms with Gasteiger partial charge < -0.3 is 10.1 Å². The van der Waals surface area contributed by atoms with Crippen LogP contribution in [-0.4, -0.2) is 13.2 Å². The molecule has 0 aliphatic carbocycles. The van der Waals surface area contributed by atoms with Crippen molar-refractivity contribution in [1.82, 2.24) is 0 Å². The van der Waals surface area contributed by atoms with Gasteiger partial charge in [0.05, 0.1) is 6.61 Å². The number of hydrogen-bond acceptors (Lipinski definition) is 2. The first kappa shape index (κ1) is 11.8. The molecule has 1 N–H and O–H groups in total. The second-order valence-electron chi connectivity index (χ2n) is 5.73. The lowest BCUT2D eigenvalue weighted by Gasteiger charge is -2.29. The van der Waals surface area contributed by atoms with Crippen LogP contribution in [-0.2, 0) is 12.8 Å². The van der Waals surface area contributed by atoms with Crippen LogP contribution in [0.1, 0.15) is 29.0 Å². The number of hydrogen-bond donors (Lipinski definition) is 1. The summed E-state index contributed by atoms with van der Waals surface area (Å²) < 4.78 is 5.95. The normalized spacial score (nSPS) is 20.3. The maximum atomic E-state index is 5.95. The second kappa shape index (κ2) is 4.86. The van der Waals surface area contributed by atoms with E-state index < -0.39 is 0 Å². The Kier molecular flexibility index (Phi) is 2.87. The number of nitrogens with one attached hydrogen (secondary N) is 1. The highest BCUT2D eigenvalue weighted by atomic mass is 16.5. The van der Waals surface area contributed by atoms with Crippen LogP contribution in [0, 0.1) is 0 Å². The van der Waals surface area contributed by atoms with Crippen molar-refractivity contribution in [2.45, 2.75) is 25.2 Å². The molecule has 2 heteroatoms. The van der Waals surface area contributed by atoms with Crippen molar-refractivity contribution in [3.05, 3.63) is 59.2 Å². The Morgan fingerprint density at radius 2 is 1.90 bits per heavy atom. The summed E-state index contributed by atoms with van der Waals surface area (Å²) in [5.74, 6) is 1.52. The van der Waals surface area contributed by atoms with Gasteiger partial charge in [-0.25, -0.2) is 0 Å². The number of fused-ring (bicyclic) bond motifs is 2. The average Bonchev–Trinajstić information content (AvgIpc) is 2.54. The molecule has 0 fully saturated rings. The first-order valence-corrected chi connectivity index (χ1v) is 7.48. The van der Waals surface area contributed by atoms with Crippen molar-refractivity contribution in [3.63, 3.8) is 0 Å². The summed E-state index contributed by atoms with van der Waals surface area (Å²) in [5, 5.41) is 3.60. The van der Waals surface area contributed by atoms with E-state index >= 15 is 0 Å². The molecule has 2 aliphatic heterocycles. The van der Waals surface area contributed by atoms with Crippen molar-refractivity contribution in [1.29, 1.82) is 0 Å². The fraction of sp³-hybridized carbons (Fsp3) is 0.333. The molecule has 0 amide bonds. The van der Waals surface area contributed by atoms with Gasteiger partial charge >= 0.3 is 0 Å². The second-order valence-corrected chi connectivity index (χ2v) is 5.73. The third-order valence-corrected chi connectivity index (χ3v) is 4.43. The third kappa shape index (κ3) is 1.96. The maximum absolute atomic E-state index is 5.95. The molecule has 2 aliphatic rings. The van der Waals surface area contributed by atoms with Crippen molar-refractivity contribution in [2.24, 2.45) is 0 Å². The Morgan fingerprint density at radius 3 is 2.90 bits per heavy atom. The molecule has 2 nitrogen and oxygen atoms in total. The molecule has 1 atom stereocenters. The van der Waals surface area contributed by atoms with Gasteiger partial charge in [0.2, 0.25) is 0 Å². The molecule has 2 aromatic carbocycles. The number of ether oxygens (including phenoxy) is 1. The number of benzene rings is 2. The quantitative estimate of drug-likeness (QED) is 0.847. The van der Waals surface area contributed by atoms with Gasteiger partial charge in [0.15, 0.2) is 0 Å². The Hall–Kier alpha value is -1.96. The van der Waals surface area contributed by atoms with E-state index in [9.17, 15) is 0 Å². The summed E-state index contributed by atoms with van der Waals surface area (Å²) in [6.07, 6.45) is 3.51. The summed E-state index contributed by atoms with van der Waals surface area (Å²) in [4.78, 5) is 0. The molecular formula is C18H19NO. The van der Waals surface area contributed by atoms with E-state index in [1.54, 1.807) is 0 Å². The highest BCUT2D eigenvalue weighted by Crippen LogP contribution is 2.37.